The Balaban J connectivity index is 1.58. The van der Waals surface area contributed by atoms with E-state index < -0.39 is 5.97 Å². The van der Waals surface area contributed by atoms with E-state index in [2.05, 4.69) is 19.9 Å². The van der Waals surface area contributed by atoms with E-state index in [9.17, 15) is 14.7 Å². The Kier molecular flexibility index (Phi) is 5.02. The molecule has 0 radical (unpaired) electrons. The third kappa shape index (κ3) is 3.71. The highest BCUT2D eigenvalue weighted by Gasteiger charge is 2.24. The van der Waals surface area contributed by atoms with Gasteiger partial charge in [0.2, 0.25) is 0 Å². The lowest BCUT2D eigenvalue weighted by Crippen LogP contribution is -2.35. The Hall–Kier alpha value is -2.90. The fraction of sp³-hybridized carbons (Fsp3) is 0.286. The number of halogens is 1. The highest BCUT2D eigenvalue weighted by molar-refractivity contribution is 6.30. The van der Waals surface area contributed by atoms with Crippen molar-refractivity contribution in [2.75, 3.05) is 6.54 Å². The molecule has 0 amide bonds. The molecule has 3 heterocycles. The molecular weight excluding hydrogens is 392 g/mol. The van der Waals surface area contributed by atoms with E-state index >= 15 is 0 Å². The van der Waals surface area contributed by atoms with Crippen molar-refractivity contribution in [1.29, 1.82) is 0 Å². The molecule has 0 atom stereocenters. The van der Waals surface area contributed by atoms with Gasteiger partial charge in [-0.05, 0) is 43.7 Å². The van der Waals surface area contributed by atoms with Gasteiger partial charge in [0, 0.05) is 48.0 Å². The first kappa shape index (κ1) is 19.4. The van der Waals surface area contributed by atoms with Crippen molar-refractivity contribution in [3.05, 3.63) is 73.4 Å². The average molecular weight is 413 g/mol. The summed E-state index contributed by atoms with van der Waals surface area (Å²) in [6.45, 7) is 5.34. The topological polar surface area (TPSA) is 102 Å². The highest BCUT2D eigenvalue weighted by Crippen LogP contribution is 2.23. The van der Waals surface area contributed by atoms with Gasteiger partial charge < -0.3 is 15.1 Å². The number of aromatic carboxylic acids is 1. The van der Waals surface area contributed by atoms with E-state index in [1.54, 1.807) is 19.1 Å². The predicted molar refractivity (Wildman–Crippen MR) is 110 cm³/mol. The van der Waals surface area contributed by atoms with Gasteiger partial charge in [-0.25, -0.2) is 9.78 Å². The number of nitrogens with one attached hydrogen (secondary N) is 2. The fourth-order valence-corrected chi connectivity index (χ4v) is 4.00. The number of hydrogen-bond donors (Lipinski definition) is 3. The van der Waals surface area contributed by atoms with Crippen LogP contribution < -0.4 is 5.56 Å². The van der Waals surface area contributed by atoms with Gasteiger partial charge >= 0.3 is 5.97 Å². The molecule has 0 fully saturated rings. The normalized spacial score (nSPS) is 14.0. The molecule has 3 N–H and O–H groups in total. The zero-order valence-electron chi connectivity index (χ0n) is 16.2. The first-order chi connectivity index (χ1) is 13.8. The summed E-state index contributed by atoms with van der Waals surface area (Å²) in [4.78, 5) is 37.0. The second-order valence-electron chi connectivity index (χ2n) is 7.34. The summed E-state index contributed by atoms with van der Waals surface area (Å²) in [7, 11) is 0. The summed E-state index contributed by atoms with van der Waals surface area (Å²) in [6, 6.07) is 7.20. The monoisotopic (exact) mass is 412 g/mol. The zero-order valence-corrected chi connectivity index (χ0v) is 16.9. The third-order valence-electron chi connectivity index (χ3n) is 5.40. The number of fused-ring (bicyclic) bond motifs is 1. The van der Waals surface area contributed by atoms with Crippen LogP contribution in [0.25, 0.3) is 11.4 Å². The summed E-state index contributed by atoms with van der Waals surface area (Å²) >= 11 is 5.93. The average Bonchev–Trinajstić information content (AvgIpc) is 2.96. The molecular formula is C21H21ClN4O3. The molecule has 3 aromatic rings. The summed E-state index contributed by atoms with van der Waals surface area (Å²) in [6.07, 6.45) is 0.657. The van der Waals surface area contributed by atoms with E-state index in [-0.39, 0.29) is 5.56 Å². The molecule has 7 nitrogen and oxygen atoms in total. The number of H-pyrrole nitrogens is 2. The smallest absolute Gasteiger partial charge is 0.337 e. The van der Waals surface area contributed by atoms with Crippen molar-refractivity contribution in [2.45, 2.75) is 33.4 Å². The number of benzene rings is 1. The quantitative estimate of drug-likeness (QED) is 0.610. The Bertz CT molecular complexity index is 1150. The van der Waals surface area contributed by atoms with Crippen molar-refractivity contribution < 1.29 is 9.90 Å². The van der Waals surface area contributed by atoms with Gasteiger partial charge in [0.1, 0.15) is 5.82 Å². The minimum absolute atomic E-state index is 0.143. The first-order valence-electron chi connectivity index (χ1n) is 9.35. The van der Waals surface area contributed by atoms with Gasteiger partial charge in [-0.2, -0.15) is 0 Å². The van der Waals surface area contributed by atoms with E-state index in [1.165, 1.54) is 0 Å². The molecule has 2 aromatic heterocycles. The second kappa shape index (κ2) is 7.50. The number of hydrogen-bond acceptors (Lipinski definition) is 4. The number of carboxylic acids is 1. The van der Waals surface area contributed by atoms with E-state index in [0.29, 0.717) is 47.2 Å². The standard InChI is InChI=1S/C21H21ClN4O3/c1-11-17(23-12(2)18(11)21(28)29)10-26-8-7-16-15(9-26)20(27)25-19(24-16)13-3-5-14(22)6-4-13/h3-6,23H,7-10H2,1-2H3,(H,28,29)(H,24,25,27). The molecule has 1 aliphatic rings. The zero-order chi connectivity index (χ0) is 20.7. The van der Waals surface area contributed by atoms with Gasteiger partial charge in [-0.1, -0.05) is 11.6 Å². The van der Waals surface area contributed by atoms with Gasteiger partial charge in [0.25, 0.3) is 5.56 Å². The maximum atomic E-state index is 12.7. The van der Waals surface area contributed by atoms with Crippen LogP contribution >= 0.6 is 11.6 Å². The Labute approximate surface area is 172 Å². The lowest BCUT2D eigenvalue weighted by atomic mass is 10.1. The molecule has 4 rings (SSSR count). The Morgan fingerprint density at radius 1 is 1.24 bits per heavy atom. The number of aromatic amines is 2. The first-order valence-corrected chi connectivity index (χ1v) is 9.73. The third-order valence-corrected chi connectivity index (χ3v) is 5.65. The lowest BCUT2D eigenvalue weighted by Gasteiger charge is -2.27. The molecule has 0 unspecified atom stereocenters. The fourth-order valence-electron chi connectivity index (χ4n) is 3.88. The molecule has 1 aliphatic heterocycles. The van der Waals surface area contributed by atoms with Crippen LogP contribution in [-0.4, -0.2) is 37.5 Å². The minimum Gasteiger partial charge on any atom is -0.478 e. The molecule has 150 valence electrons. The maximum Gasteiger partial charge on any atom is 0.337 e. The molecule has 0 aliphatic carbocycles. The summed E-state index contributed by atoms with van der Waals surface area (Å²) in [5.74, 6) is -0.386. The van der Waals surface area contributed by atoms with Crippen molar-refractivity contribution in [1.82, 2.24) is 19.9 Å². The SMILES string of the molecule is Cc1[nH]c(CN2CCc3nc(-c4ccc(Cl)cc4)[nH]c(=O)c3C2)c(C)c1C(=O)O. The maximum absolute atomic E-state index is 12.7. The second-order valence-corrected chi connectivity index (χ2v) is 7.78. The van der Waals surface area contributed by atoms with Gasteiger partial charge in [0.15, 0.2) is 0 Å². The number of aryl methyl sites for hydroxylation is 1. The number of aromatic nitrogens is 3. The van der Waals surface area contributed by atoms with E-state index in [0.717, 1.165) is 29.1 Å². The number of carbonyl (C=O) groups is 1. The Morgan fingerprint density at radius 3 is 2.62 bits per heavy atom. The van der Waals surface area contributed by atoms with Crippen LogP contribution in [0.3, 0.4) is 0 Å². The summed E-state index contributed by atoms with van der Waals surface area (Å²) < 4.78 is 0. The lowest BCUT2D eigenvalue weighted by molar-refractivity contribution is 0.0695. The Morgan fingerprint density at radius 2 is 1.97 bits per heavy atom. The summed E-state index contributed by atoms with van der Waals surface area (Å²) in [5.41, 5.74) is 4.72. The van der Waals surface area contributed by atoms with Gasteiger partial charge in [-0.3, -0.25) is 9.69 Å². The molecule has 0 bridgehead atoms. The molecule has 0 saturated carbocycles. The molecule has 0 saturated heterocycles. The van der Waals surface area contributed by atoms with Gasteiger partial charge in [0.05, 0.1) is 16.8 Å². The molecule has 8 heteroatoms. The number of rotatable bonds is 4. The van der Waals surface area contributed by atoms with Crippen LogP contribution in [0.5, 0.6) is 0 Å². The van der Waals surface area contributed by atoms with Crippen molar-refractivity contribution in [2.24, 2.45) is 0 Å². The summed E-state index contributed by atoms with van der Waals surface area (Å²) in [5, 5.41) is 10.0. The number of carboxylic acid groups (broad SMARTS) is 1. The van der Waals surface area contributed by atoms with Crippen molar-refractivity contribution >= 4 is 17.6 Å². The molecule has 0 spiro atoms. The van der Waals surface area contributed by atoms with Crippen LogP contribution in [-0.2, 0) is 19.5 Å². The van der Waals surface area contributed by atoms with E-state index in [1.807, 2.05) is 19.1 Å². The highest BCUT2D eigenvalue weighted by atomic mass is 35.5. The molecule has 29 heavy (non-hydrogen) atoms. The van der Waals surface area contributed by atoms with Gasteiger partial charge in [-0.15, -0.1) is 0 Å². The van der Waals surface area contributed by atoms with Crippen molar-refractivity contribution in [3.8, 4) is 11.4 Å². The number of nitrogens with zero attached hydrogens (tertiary/aromatic N) is 2. The van der Waals surface area contributed by atoms with Crippen LogP contribution in [0, 0.1) is 13.8 Å². The van der Waals surface area contributed by atoms with Crippen molar-refractivity contribution in [3.63, 3.8) is 0 Å². The predicted octanol–water partition coefficient (Wildman–Crippen LogP) is 3.29. The van der Waals surface area contributed by atoms with Crippen LogP contribution in [0.2, 0.25) is 5.02 Å². The van der Waals surface area contributed by atoms with Crippen LogP contribution in [0.15, 0.2) is 29.1 Å². The largest absolute Gasteiger partial charge is 0.478 e. The molecule has 1 aromatic carbocycles. The minimum atomic E-state index is -0.929. The van der Waals surface area contributed by atoms with Crippen LogP contribution in [0.4, 0.5) is 0 Å². The van der Waals surface area contributed by atoms with Crippen LogP contribution in [0.1, 0.15) is 38.6 Å². The van der Waals surface area contributed by atoms with E-state index in [4.69, 9.17) is 11.6 Å².